The van der Waals surface area contributed by atoms with Crippen molar-refractivity contribution in [3.63, 3.8) is 0 Å². The zero-order chi connectivity index (χ0) is 13.6. The lowest BCUT2D eigenvalue weighted by molar-refractivity contribution is 0.856. The number of aryl methyl sites for hydroxylation is 2. The van der Waals surface area contributed by atoms with Crippen LogP contribution in [0.3, 0.4) is 0 Å². The Balaban J connectivity index is 0.00000121. The van der Waals surface area contributed by atoms with Gasteiger partial charge in [-0.15, -0.1) is 0 Å². The smallest absolute Gasteiger partial charge is 0.168 e. The highest BCUT2D eigenvalue weighted by atomic mass is 32.1. The Morgan fingerprint density at radius 3 is 2.12 bits per heavy atom. The number of benzene rings is 1. The second-order valence-electron chi connectivity index (χ2n) is 4.17. The molecule has 0 aliphatic heterocycles. The van der Waals surface area contributed by atoms with Crippen molar-refractivity contribution in [2.45, 2.75) is 47.5 Å². The van der Waals surface area contributed by atoms with Gasteiger partial charge in [-0.05, 0) is 54.7 Å². The lowest BCUT2D eigenvalue weighted by atomic mass is 9.95. The molecule has 3 N–H and O–H groups in total. The van der Waals surface area contributed by atoms with Crippen molar-refractivity contribution >= 4 is 23.0 Å². The highest BCUT2D eigenvalue weighted by Gasteiger charge is 2.07. The van der Waals surface area contributed by atoms with Crippen LogP contribution >= 0.6 is 12.2 Å². The third-order valence-corrected chi connectivity index (χ3v) is 2.59. The molecule has 0 heterocycles. The van der Waals surface area contributed by atoms with Gasteiger partial charge in [-0.25, -0.2) is 0 Å². The first-order valence-electron chi connectivity index (χ1n) is 6.09. The molecule has 0 aromatic heterocycles. The van der Waals surface area contributed by atoms with Gasteiger partial charge in [0.15, 0.2) is 5.11 Å². The van der Waals surface area contributed by atoms with Crippen LogP contribution < -0.4 is 11.1 Å². The summed E-state index contributed by atoms with van der Waals surface area (Å²) in [7, 11) is 0. The molecule has 1 aromatic carbocycles. The first-order chi connectivity index (χ1) is 7.91. The number of nitrogens with one attached hydrogen (secondary N) is 1. The van der Waals surface area contributed by atoms with Gasteiger partial charge in [0.2, 0.25) is 0 Å². The second-order valence-corrected chi connectivity index (χ2v) is 4.61. The van der Waals surface area contributed by atoms with E-state index in [0.717, 1.165) is 5.69 Å². The quantitative estimate of drug-likeness (QED) is 0.778. The minimum atomic E-state index is 0.316. The van der Waals surface area contributed by atoms with Gasteiger partial charge in [0.25, 0.3) is 0 Å². The number of hydrogen-bond donors (Lipinski definition) is 2. The Bertz CT molecular complexity index is 384. The third kappa shape index (κ3) is 4.73. The van der Waals surface area contributed by atoms with Crippen LogP contribution in [0.4, 0.5) is 5.69 Å². The second kappa shape index (κ2) is 7.28. The van der Waals surface area contributed by atoms with Crippen LogP contribution in [-0.2, 0) is 0 Å². The first-order valence-corrected chi connectivity index (χ1v) is 6.50. The lowest BCUT2D eigenvalue weighted by Crippen LogP contribution is -2.19. The largest absolute Gasteiger partial charge is 0.376 e. The van der Waals surface area contributed by atoms with Crippen molar-refractivity contribution in [2.75, 3.05) is 5.32 Å². The van der Waals surface area contributed by atoms with Crippen LogP contribution in [0.5, 0.6) is 0 Å². The maximum atomic E-state index is 5.48. The Labute approximate surface area is 111 Å². The molecule has 2 nitrogen and oxygen atoms in total. The molecule has 0 bridgehead atoms. The summed E-state index contributed by atoms with van der Waals surface area (Å²) in [6.45, 7) is 12.6. The van der Waals surface area contributed by atoms with E-state index < -0.39 is 0 Å². The summed E-state index contributed by atoms with van der Waals surface area (Å²) in [6, 6.07) is 4.30. The molecule has 0 amide bonds. The standard InChI is InChI=1S/C12H18N2S.C2H6/c1-7(2)10-6-11(14-12(13)15)9(4)5-8(10)3;1-2/h5-7H,1-4H3,(H3,13,14,15);1-2H3. The maximum absolute atomic E-state index is 5.48. The fourth-order valence-electron chi connectivity index (χ4n) is 1.76. The number of rotatable bonds is 2. The maximum Gasteiger partial charge on any atom is 0.168 e. The fourth-order valence-corrected chi connectivity index (χ4v) is 1.87. The summed E-state index contributed by atoms with van der Waals surface area (Å²) in [6.07, 6.45) is 0. The Kier molecular flexibility index (Phi) is 6.81. The molecule has 3 heteroatoms. The molecule has 96 valence electrons. The van der Waals surface area contributed by atoms with Gasteiger partial charge >= 0.3 is 0 Å². The number of thiocarbonyl (C=S) groups is 1. The minimum absolute atomic E-state index is 0.316. The van der Waals surface area contributed by atoms with Crippen LogP contribution in [0.2, 0.25) is 0 Å². The molecule has 0 spiro atoms. The molecule has 0 aliphatic rings. The van der Waals surface area contributed by atoms with E-state index in [1.54, 1.807) is 0 Å². The van der Waals surface area contributed by atoms with Crippen molar-refractivity contribution in [3.05, 3.63) is 28.8 Å². The van der Waals surface area contributed by atoms with E-state index >= 15 is 0 Å². The highest BCUT2D eigenvalue weighted by molar-refractivity contribution is 7.80. The number of anilines is 1. The van der Waals surface area contributed by atoms with Crippen molar-refractivity contribution in [1.82, 2.24) is 0 Å². The summed E-state index contributed by atoms with van der Waals surface area (Å²) in [5, 5.41) is 3.32. The van der Waals surface area contributed by atoms with Gasteiger partial charge in [-0.1, -0.05) is 33.8 Å². The third-order valence-electron chi connectivity index (χ3n) is 2.49. The molecule has 1 aromatic rings. The van der Waals surface area contributed by atoms with Gasteiger partial charge in [0, 0.05) is 5.69 Å². The lowest BCUT2D eigenvalue weighted by Gasteiger charge is -2.15. The molecular formula is C14H24N2S. The highest BCUT2D eigenvalue weighted by Crippen LogP contribution is 2.26. The van der Waals surface area contributed by atoms with E-state index in [1.807, 2.05) is 13.8 Å². The van der Waals surface area contributed by atoms with Crippen molar-refractivity contribution in [1.29, 1.82) is 0 Å². The summed E-state index contributed by atoms with van der Waals surface area (Å²) in [5.74, 6) is 0.512. The average molecular weight is 252 g/mol. The predicted molar refractivity (Wildman–Crippen MR) is 81.8 cm³/mol. The van der Waals surface area contributed by atoms with E-state index in [4.69, 9.17) is 18.0 Å². The molecular weight excluding hydrogens is 228 g/mol. The molecule has 1 rings (SSSR count). The zero-order valence-electron chi connectivity index (χ0n) is 11.7. The normalized spacial score (nSPS) is 9.59. The van der Waals surface area contributed by atoms with Crippen LogP contribution in [0.15, 0.2) is 12.1 Å². The monoisotopic (exact) mass is 252 g/mol. The molecule has 0 saturated heterocycles. The predicted octanol–water partition coefficient (Wildman–Crippen LogP) is 4.11. The van der Waals surface area contributed by atoms with Gasteiger partial charge in [-0.2, -0.15) is 0 Å². The van der Waals surface area contributed by atoms with E-state index in [-0.39, 0.29) is 0 Å². The zero-order valence-corrected chi connectivity index (χ0v) is 12.5. The SMILES string of the molecule is CC.Cc1cc(C)c(C(C)C)cc1NC(N)=S. The molecule has 0 unspecified atom stereocenters. The summed E-state index contributed by atoms with van der Waals surface area (Å²) < 4.78 is 0. The van der Waals surface area contributed by atoms with E-state index in [2.05, 4.69) is 45.1 Å². The van der Waals surface area contributed by atoms with Gasteiger partial charge in [-0.3, -0.25) is 0 Å². The molecule has 0 atom stereocenters. The van der Waals surface area contributed by atoms with E-state index in [1.165, 1.54) is 16.7 Å². The Morgan fingerprint density at radius 1 is 1.18 bits per heavy atom. The van der Waals surface area contributed by atoms with E-state index in [0.29, 0.717) is 11.0 Å². The first kappa shape index (κ1) is 15.9. The number of nitrogens with two attached hydrogens (primary N) is 1. The summed E-state index contributed by atoms with van der Waals surface area (Å²) >= 11 is 4.85. The Morgan fingerprint density at radius 2 is 1.71 bits per heavy atom. The van der Waals surface area contributed by atoms with Crippen LogP contribution in [0.25, 0.3) is 0 Å². The molecule has 0 radical (unpaired) electrons. The van der Waals surface area contributed by atoms with Gasteiger partial charge < -0.3 is 11.1 Å². The topological polar surface area (TPSA) is 38.0 Å². The van der Waals surface area contributed by atoms with Crippen molar-refractivity contribution in [3.8, 4) is 0 Å². The average Bonchev–Trinajstić information content (AvgIpc) is 2.24. The van der Waals surface area contributed by atoms with Crippen LogP contribution in [-0.4, -0.2) is 5.11 Å². The molecule has 17 heavy (non-hydrogen) atoms. The fraction of sp³-hybridized carbons (Fsp3) is 0.500. The van der Waals surface area contributed by atoms with Gasteiger partial charge in [0.05, 0.1) is 0 Å². The molecule has 0 fully saturated rings. The minimum Gasteiger partial charge on any atom is -0.376 e. The molecule has 0 saturated carbocycles. The van der Waals surface area contributed by atoms with Crippen molar-refractivity contribution in [2.24, 2.45) is 5.73 Å². The Hall–Kier alpha value is -1.09. The van der Waals surface area contributed by atoms with Gasteiger partial charge in [0.1, 0.15) is 0 Å². The van der Waals surface area contributed by atoms with E-state index in [9.17, 15) is 0 Å². The van der Waals surface area contributed by atoms with Crippen LogP contribution in [0.1, 0.15) is 50.3 Å². The van der Waals surface area contributed by atoms with Crippen LogP contribution in [0, 0.1) is 13.8 Å². The number of hydrogen-bond acceptors (Lipinski definition) is 1. The summed E-state index contributed by atoms with van der Waals surface area (Å²) in [5.41, 5.74) is 10.3. The van der Waals surface area contributed by atoms with Crippen molar-refractivity contribution < 1.29 is 0 Å². The summed E-state index contributed by atoms with van der Waals surface area (Å²) in [4.78, 5) is 0. The molecule has 0 aliphatic carbocycles.